The van der Waals surface area contributed by atoms with Gasteiger partial charge in [-0.15, -0.1) is 0 Å². The van der Waals surface area contributed by atoms with Gasteiger partial charge in [-0.05, 0) is 87.0 Å². The number of carbonyl (C=O) groups excluding carboxylic acids is 3. The van der Waals surface area contributed by atoms with Gasteiger partial charge in [0.25, 0.3) is 0 Å². The van der Waals surface area contributed by atoms with Crippen LogP contribution in [0.1, 0.15) is 39.0 Å². The number of likely N-dealkylation sites (tertiary alicyclic amines) is 1. The Morgan fingerprint density at radius 3 is 2.12 bits per heavy atom. The number of carbonyl (C=O) groups is 3. The normalized spacial score (nSPS) is 39.0. The summed E-state index contributed by atoms with van der Waals surface area (Å²) in [5, 5.41) is 3.00. The van der Waals surface area contributed by atoms with Crippen molar-refractivity contribution in [2.24, 2.45) is 41.4 Å². The second kappa shape index (κ2) is 7.46. The molecule has 6 atom stereocenters. The van der Waals surface area contributed by atoms with Crippen LogP contribution >= 0.6 is 0 Å². The van der Waals surface area contributed by atoms with Gasteiger partial charge in [0.1, 0.15) is 5.75 Å². The van der Waals surface area contributed by atoms with Gasteiger partial charge in [0.2, 0.25) is 17.7 Å². The lowest BCUT2D eigenvalue weighted by Gasteiger charge is -2.37. The van der Waals surface area contributed by atoms with E-state index in [0.29, 0.717) is 44.1 Å². The van der Waals surface area contributed by atoms with E-state index in [2.05, 4.69) is 17.5 Å². The fraction of sp³-hybridized carbons (Fsp3) is 0.577. The smallest absolute Gasteiger partial charge is 0.233 e. The molecule has 3 saturated carbocycles. The number of imide groups is 1. The molecular weight excluding hydrogens is 404 g/mol. The maximum absolute atomic E-state index is 13.3. The van der Waals surface area contributed by atoms with Crippen molar-refractivity contribution in [2.75, 3.05) is 11.9 Å². The molecule has 0 radical (unpaired) electrons. The van der Waals surface area contributed by atoms with Gasteiger partial charge in [-0.2, -0.15) is 0 Å². The third-order valence-corrected chi connectivity index (χ3v) is 8.56. The number of rotatable bonds is 5. The van der Waals surface area contributed by atoms with E-state index < -0.39 is 0 Å². The zero-order valence-corrected chi connectivity index (χ0v) is 18.4. The van der Waals surface area contributed by atoms with Gasteiger partial charge in [0.05, 0.1) is 18.4 Å². The number of benzene rings is 1. The van der Waals surface area contributed by atoms with Crippen molar-refractivity contribution >= 4 is 23.4 Å². The standard InChI is InChI=1S/C26H30N2O4/c1-2-32-17-9-5-15(6-10-17)27-24(29)14-3-7-16(8-4-14)28-25(30)22-18-11-12-19(21-13-20(18)21)23(22)26(28)31/h5-6,9-12,14,16,18-23H,2-4,7-8,13H2,1H3,(H,27,29)/t14?,16?,18-,19-,20-,21+,22-,23+/m0/s1. The maximum atomic E-state index is 13.3. The number of hydrogen-bond acceptors (Lipinski definition) is 4. The number of amides is 3. The minimum Gasteiger partial charge on any atom is -0.494 e. The topological polar surface area (TPSA) is 75.7 Å². The number of hydrogen-bond donors (Lipinski definition) is 1. The Morgan fingerprint density at radius 1 is 0.969 bits per heavy atom. The van der Waals surface area contributed by atoms with E-state index in [1.54, 1.807) is 4.90 Å². The van der Waals surface area contributed by atoms with Crippen molar-refractivity contribution in [3.05, 3.63) is 36.4 Å². The SMILES string of the molecule is CCOc1ccc(NC(=O)C2CCC(N3C(=O)[C@@H]4[C@H]5C=C[C@@H]([C@@H]6C[C@H]56)[C@@H]4C3=O)CC2)cc1. The number of ether oxygens (including phenoxy) is 1. The van der Waals surface area contributed by atoms with Crippen LogP contribution in [-0.2, 0) is 14.4 Å². The summed E-state index contributed by atoms with van der Waals surface area (Å²) in [6.07, 6.45) is 8.46. The number of nitrogens with one attached hydrogen (secondary N) is 1. The molecule has 1 saturated heterocycles. The Bertz CT molecular complexity index is 942. The lowest BCUT2D eigenvalue weighted by atomic mass is 9.63. The first kappa shape index (κ1) is 20.0. The fourth-order valence-electron chi connectivity index (χ4n) is 6.98. The van der Waals surface area contributed by atoms with Crippen LogP contribution in [-0.4, -0.2) is 35.3 Å². The monoisotopic (exact) mass is 434 g/mol. The predicted octanol–water partition coefficient (Wildman–Crippen LogP) is 3.64. The zero-order valence-electron chi connectivity index (χ0n) is 18.4. The summed E-state index contributed by atoms with van der Waals surface area (Å²) in [6.45, 7) is 2.55. The van der Waals surface area contributed by atoms with E-state index >= 15 is 0 Å². The highest BCUT2D eigenvalue weighted by Crippen LogP contribution is 2.65. The molecule has 7 rings (SSSR count). The van der Waals surface area contributed by atoms with Crippen LogP contribution < -0.4 is 10.1 Å². The molecule has 0 aromatic heterocycles. The number of allylic oxidation sites excluding steroid dienone is 2. The Balaban J connectivity index is 1.07. The summed E-state index contributed by atoms with van der Waals surface area (Å²) in [7, 11) is 0. The molecule has 3 amide bonds. The van der Waals surface area contributed by atoms with E-state index in [0.717, 1.165) is 11.4 Å². The van der Waals surface area contributed by atoms with Gasteiger partial charge in [0, 0.05) is 17.6 Å². The van der Waals surface area contributed by atoms with Crippen LogP contribution in [0.2, 0.25) is 0 Å². The van der Waals surface area contributed by atoms with Crippen molar-refractivity contribution < 1.29 is 19.1 Å². The molecule has 1 heterocycles. The van der Waals surface area contributed by atoms with Crippen molar-refractivity contribution in [2.45, 2.75) is 45.1 Å². The number of nitrogens with zero attached hydrogens (tertiary/aromatic N) is 1. The van der Waals surface area contributed by atoms with Gasteiger partial charge >= 0.3 is 0 Å². The summed E-state index contributed by atoms with van der Waals surface area (Å²) in [5.41, 5.74) is 0.760. The van der Waals surface area contributed by atoms with E-state index in [1.165, 1.54) is 6.42 Å². The molecule has 1 aromatic carbocycles. The lowest BCUT2D eigenvalue weighted by molar-refractivity contribution is -0.144. The second-order valence-corrected chi connectivity index (χ2v) is 10.2. The van der Waals surface area contributed by atoms with Crippen molar-refractivity contribution in [1.29, 1.82) is 0 Å². The predicted molar refractivity (Wildman–Crippen MR) is 119 cm³/mol. The largest absolute Gasteiger partial charge is 0.494 e. The highest BCUT2D eigenvalue weighted by atomic mass is 16.5. The molecule has 168 valence electrons. The first-order valence-corrected chi connectivity index (χ1v) is 12.2. The highest BCUT2D eigenvalue weighted by molar-refractivity contribution is 6.06. The molecule has 6 heteroatoms. The molecule has 5 aliphatic carbocycles. The van der Waals surface area contributed by atoms with Crippen LogP contribution in [0.4, 0.5) is 5.69 Å². The van der Waals surface area contributed by atoms with Crippen molar-refractivity contribution in [3.63, 3.8) is 0 Å². The molecule has 1 N–H and O–H groups in total. The van der Waals surface area contributed by atoms with Gasteiger partial charge in [-0.25, -0.2) is 0 Å². The van der Waals surface area contributed by atoms with E-state index in [9.17, 15) is 14.4 Å². The quantitative estimate of drug-likeness (QED) is 0.567. The summed E-state index contributed by atoms with van der Waals surface area (Å²) < 4.78 is 5.44. The fourth-order valence-corrected chi connectivity index (χ4v) is 6.98. The van der Waals surface area contributed by atoms with E-state index in [1.807, 2.05) is 31.2 Å². The molecule has 2 bridgehead atoms. The summed E-state index contributed by atoms with van der Waals surface area (Å²) in [6, 6.07) is 7.36. The second-order valence-electron chi connectivity index (χ2n) is 10.2. The van der Waals surface area contributed by atoms with Gasteiger partial charge in [-0.1, -0.05) is 12.2 Å². The molecule has 1 aromatic rings. The van der Waals surface area contributed by atoms with Crippen LogP contribution in [0.3, 0.4) is 0 Å². The minimum atomic E-state index is -0.123. The van der Waals surface area contributed by atoms with Crippen LogP contribution in [0.15, 0.2) is 36.4 Å². The third kappa shape index (κ3) is 3.02. The van der Waals surface area contributed by atoms with Crippen LogP contribution in [0.5, 0.6) is 5.75 Å². The molecule has 4 fully saturated rings. The summed E-state index contributed by atoms with van der Waals surface area (Å²) in [4.78, 5) is 41.0. The maximum Gasteiger partial charge on any atom is 0.233 e. The van der Waals surface area contributed by atoms with Crippen LogP contribution in [0, 0.1) is 41.4 Å². The lowest BCUT2D eigenvalue weighted by Crippen LogP contribution is -2.44. The van der Waals surface area contributed by atoms with Gasteiger partial charge in [-0.3, -0.25) is 19.3 Å². The van der Waals surface area contributed by atoms with Crippen LogP contribution in [0.25, 0.3) is 0 Å². The first-order chi connectivity index (χ1) is 15.6. The molecule has 32 heavy (non-hydrogen) atoms. The molecule has 0 spiro atoms. The van der Waals surface area contributed by atoms with E-state index in [4.69, 9.17) is 4.74 Å². The molecule has 6 aliphatic rings. The average Bonchev–Trinajstić information content (AvgIpc) is 3.59. The Kier molecular flexibility index (Phi) is 4.67. The Morgan fingerprint density at radius 2 is 1.56 bits per heavy atom. The minimum absolute atomic E-state index is 0.0164. The van der Waals surface area contributed by atoms with E-state index in [-0.39, 0.29) is 53.4 Å². The summed E-state index contributed by atoms with van der Waals surface area (Å²) in [5.74, 6) is 2.40. The zero-order chi connectivity index (χ0) is 22.0. The first-order valence-electron chi connectivity index (χ1n) is 12.2. The average molecular weight is 435 g/mol. The van der Waals surface area contributed by atoms with Crippen molar-refractivity contribution in [3.8, 4) is 5.75 Å². The highest BCUT2D eigenvalue weighted by Gasteiger charge is 2.67. The Labute approximate surface area is 188 Å². The van der Waals surface area contributed by atoms with Gasteiger partial charge < -0.3 is 10.1 Å². The summed E-state index contributed by atoms with van der Waals surface area (Å²) >= 11 is 0. The molecule has 1 aliphatic heterocycles. The third-order valence-electron chi connectivity index (χ3n) is 8.56. The van der Waals surface area contributed by atoms with Gasteiger partial charge in [0.15, 0.2) is 0 Å². The van der Waals surface area contributed by atoms with Crippen molar-refractivity contribution in [1.82, 2.24) is 4.90 Å². The molecule has 6 nitrogen and oxygen atoms in total. The molecule has 0 unspecified atom stereocenters. The Hall–Kier alpha value is -2.63. The number of anilines is 1. The molecular formula is C26H30N2O4.